The second-order valence-electron chi connectivity index (χ2n) is 4.32. The SMILES string of the molecule is Cc1cccc([N+](=O)[O-])c1NCc1cc(F)ccc1Br. The van der Waals surface area contributed by atoms with Gasteiger partial charge in [-0.05, 0) is 36.2 Å². The van der Waals surface area contributed by atoms with Gasteiger partial charge in [0.2, 0.25) is 0 Å². The molecular formula is C14H12BrFN2O2. The Kier molecular flexibility index (Phi) is 4.34. The lowest BCUT2D eigenvalue weighted by Crippen LogP contribution is -2.05. The van der Waals surface area contributed by atoms with Gasteiger partial charge in [-0.25, -0.2) is 4.39 Å². The second kappa shape index (κ2) is 6.00. The summed E-state index contributed by atoms with van der Waals surface area (Å²) in [6, 6.07) is 9.21. The molecule has 2 aromatic rings. The van der Waals surface area contributed by atoms with Crippen molar-refractivity contribution in [2.45, 2.75) is 13.5 Å². The van der Waals surface area contributed by atoms with Crippen LogP contribution in [0.5, 0.6) is 0 Å². The van der Waals surface area contributed by atoms with Gasteiger partial charge in [-0.2, -0.15) is 0 Å². The minimum atomic E-state index is -0.435. The quantitative estimate of drug-likeness (QED) is 0.663. The third-order valence-electron chi connectivity index (χ3n) is 2.91. The smallest absolute Gasteiger partial charge is 0.292 e. The normalized spacial score (nSPS) is 10.3. The van der Waals surface area contributed by atoms with Gasteiger partial charge in [0.05, 0.1) is 4.92 Å². The number of aryl methyl sites for hydroxylation is 1. The maximum absolute atomic E-state index is 13.2. The van der Waals surface area contributed by atoms with Crippen LogP contribution in [-0.4, -0.2) is 4.92 Å². The van der Waals surface area contributed by atoms with Crippen LogP contribution < -0.4 is 5.32 Å². The average molecular weight is 339 g/mol. The molecule has 0 heterocycles. The maximum Gasteiger partial charge on any atom is 0.292 e. The molecule has 0 radical (unpaired) electrons. The summed E-state index contributed by atoms with van der Waals surface area (Å²) in [6.45, 7) is 2.08. The molecule has 4 nitrogen and oxygen atoms in total. The number of nitro groups is 1. The Morgan fingerprint density at radius 1 is 1.35 bits per heavy atom. The number of anilines is 1. The molecule has 0 aliphatic carbocycles. The molecule has 0 amide bonds. The van der Waals surface area contributed by atoms with Crippen LogP contribution in [-0.2, 0) is 6.54 Å². The van der Waals surface area contributed by atoms with E-state index in [0.29, 0.717) is 17.8 Å². The van der Waals surface area contributed by atoms with E-state index in [1.807, 2.05) is 0 Å². The summed E-state index contributed by atoms with van der Waals surface area (Å²) in [6.07, 6.45) is 0. The van der Waals surface area contributed by atoms with Crippen molar-refractivity contribution in [3.8, 4) is 0 Å². The Morgan fingerprint density at radius 2 is 2.10 bits per heavy atom. The van der Waals surface area contributed by atoms with E-state index in [1.165, 1.54) is 18.2 Å². The highest BCUT2D eigenvalue weighted by atomic mass is 79.9. The average Bonchev–Trinajstić information content (AvgIpc) is 2.40. The largest absolute Gasteiger partial charge is 0.375 e. The Morgan fingerprint density at radius 3 is 2.80 bits per heavy atom. The number of hydrogen-bond acceptors (Lipinski definition) is 3. The zero-order valence-electron chi connectivity index (χ0n) is 10.7. The molecule has 0 saturated carbocycles. The fraction of sp³-hybridized carbons (Fsp3) is 0.143. The van der Waals surface area contributed by atoms with Crippen molar-refractivity contribution in [1.82, 2.24) is 0 Å². The summed E-state index contributed by atoms with van der Waals surface area (Å²) in [5.74, 6) is -0.343. The Balaban J connectivity index is 2.27. The van der Waals surface area contributed by atoms with Crippen LogP contribution in [0, 0.1) is 22.9 Å². The van der Waals surface area contributed by atoms with E-state index in [1.54, 1.807) is 25.1 Å². The molecular weight excluding hydrogens is 327 g/mol. The molecule has 2 rings (SSSR count). The van der Waals surface area contributed by atoms with Crippen molar-refractivity contribution < 1.29 is 9.31 Å². The van der Waals surface area contributed by atoms with Crippen molar-refractivity contribution in [3.63, 3.8) is 0 Å². The molecule has 0 saturated heterocycles. The predicted molar refractivity (Wildman–Crippen MR) is 79.3 cm³/mol. The van der Waals surface area contributed by atoms with Gasteiger partial charge in [0.15, 0.2) is 0 Å². The standard InChI is InChI=1S/C14H12BrFN2O2/c1-9-3-2-4-13(18(19)20)14(9)17-8-10-7-11(16)5-6-12(10)15/h2-7,17H,8H2,1H3. The number of para-hydroxylation sites is 1. The molecule has 0 bridgehead atoms. The maximum atomic E-state index is 13.2. The van der Waals surface area contributed by atoms with Crippen LogP contribution in [0.1, 0.15) is 11.1 Å². The summed E-state index contributed by atoms with van der Waals surface area (Å²) >= 11 is 3.33. The van der Waals surface area contributed by atoms with E-state index in [9.17, 15) is 14.5 Å². The minimum Gasteiger partial charge on any atom is -0.375 e. The first-order chi connectivity index (χ1) is 9.49. The fourth-order valence-electron chi connectivity index (χ4n) is 1.90. The third-order valence-corrected chi connectivity index (χ3v) is 3.68. The predicted octanol–water partition coefficient (Wildman–Crippen LogP) is 4.42. The van der Waals surface area contributed by atoms with Crippen LogP contribution in [0.3, 0.4) is 0 Å². The van der Waals surface area contributed by atoms with Gasteiger partial charge in [-0.1, -0.05) is 28.1 Å². The van der Waals surface area contributed by atoms with Gasteiger partial charge in [-0.3, -0.25) is 10.1 Å². The first kappa shape index (κ1) is 14.5. The fourth-order valence-corrected chi connectivity index (χ4v) is 2.28. The minimum absolute atomic E-state index is 0.0116. The number of nitro benzene ring substituents is 1. The zero-order valence-corrected chi connectivity index (χ0v) is 12.3. The first-order valence-corrected chi connectivity index (χ1v) is 6.70. The Hall–Kier alpha value is -1.95. The molecule has 0 aliphatic rings. The van der Waals surface area contributed by atoms with Gasteiger partial charge in [-0.15, -0.1) is 0 Å². The molecule has 0 unspecified atom stereocenters. The van der Waals surface area contributed by atoms with Crippen molar-refractivity contribution >= 4 is 27.3 Å². The summed E-state index contributed by atoms with van der Waals surface area (Å²) in [4.78, 5) is 10.6. The topological polar surface area (TPSA) is 55.2 Å². The van der Waals surface area contributed by atoms with E-state index in [4.69, 9.17) is 0 Å². The number of nitrogens with one attached hydrogen (secondary N) is 1. The van der Waals surface area contributed by atoms with Crippen molar-refractivity contribution in [3.05, 3.63) is 67.9 Å². The summed E-state index contributed by atoms with van der Waals surface area (Å²) in [7, 11) is 0. The molecule has 0 aromatic heterocycles. The van der Waals surface area contributed by atoms with E-state index in [-0.39, 0.29) is 11.5 Å². The van der Waals surface area contributed by atoms with Gasteiger partial charge < -0.3 is 5.32 Å². The molecule has 1 N–H and O–H groups in total. The van der Waals surface area contributed by atoms with Crippen LogP contribution in [0.4, 0.5) is 15.8 Å². The van der Waals surface area contributed by atoms with Crippen LogP contribution >= 0.6 is 15.9 Å². The second-order valence-corrected chi connectivity index (χ2v) is 5.17. The zero-order chi connectivity index (χ0) is 14.7. The molecule has 20 heavy (non-hydrogen) atoms. The molecule has 0 aliphatic heterocycles. The number of nitrogens with zero attached hydrogens (tertiary/aromatic N) is 1. The molecule has 0 atom stereocenters. The molecule has 104 valence electrons. The molecule has 0 spiro atoms. The van der Waals surface area contributed by atoms with Crippen LogP contribution in [0.2, 0.25) is 0 Å². The Bertz CT molecular complexity index is 662. The number of halogens is 2. The monoisotopic (exact) mass is 338 g/mol. The van der Waals surface area contributed by atoms with Crippen LogP contribution in [0.25, 0.3) is 0 Å². The van der Waals surface area contributed by atoms with E-state index < -0.39 is 4.92 Å². The number of hydrogen-bond donors (Lipinski definition) is 1. The Labute approximate surface area is 123 Å². The van der Waals surface area contributed by atoms with Crippen molar-refractivity contribution in [2.75, 3.05) is 5.32 Å². The lowest BCUT2D eigenvalue weighted by molar-refractivity contribution is -0.384. The molecule has 2 aromatic carbocycles. The number of rotatable bonds is 4. The third kappa shape index (κ3) is 3.14. The first-order valence-electron chi connectivity index (χ1n) is 5.91. The van der Waals surface area contributed by atoms with Crippen LogP contribution in [0.15, 0.2) is 40.9 Å². The lowest BCUT2D eigenvalue weighted by Gasteiger charge is -2.11. The lowest BCUT2D eigenvalue weighted by atomic mass is 10.1. The summed E-state index contributed by atoms with van der Waals surface area (Å²) in [5.41, 5.74) is 1.93. The highest BCUT2D eigenvalue weighted by molar-refractivity contribution is 9.10. The van der Waals surface area contributed by atoms with Gasteiger partial charge in [0.1, 0.15) is 11.5 Å². The van der Waals surface area contributed by atoms with E-state index in [0.717, 1.165) is 10.0 Å². The highest BCUT2D eigenvalue weighted by Crippen LogP contribution is 2.29. The van der Waals surface area contributed by atoms with Gasteiger partial charge in [0, 0.05) is 17.1 Å². The van der Waals surface area contributed by atoms with Gasteiger partial charge >= 0.3 is 0 Å². The summed E-state index contributed by atoms with van der Waals surface area (Å²) in [5, 5.41) is 14.0. The van der Waals surface area contributed by atoms with Crippen molar-refractivity contribution in [2.24, 2.45) is 0 Å². The van der Waals surface area contributed by atoms with Crippen molar-refractivity contribution in [1.29, 1.82) is 0 Å². The number of benzene rings is 2. The molecule has 6 heteroatoms. The van der Waals surface area contributed by atoms with E-state index in [2.05, 4.69) is 21.2 Å². The molecule has 0 fully saturated rings. The van der Waals surface area contributed by atoms with E-state index >= 15 is 0 Å². The summed E-state index contributed by atoms with van der Waals surface area (Å²) < 4.78 is 14.0. The van der Waals surface area contributed by atoms with Gasteiger partial charge in [0.25, 0.3) is 5.69 Å². The highest BCUT2D eigenvalue weighted by Gasteiger charge is 2.15.